The van der Waals surface area contributed by atoms with Crippen LogP contribution in [0.3, 0.4) is 0 Å². The third-order valence-electron chi connectivity index (χ3n) is 3.29. The van der Waals surface area contributed by atoms with Crippen LogP contribution in [-0.2, 0) is 9.84 Å². The van der Waals surface area contributed by atoms with E-state index < -0.39 is 9.84 Å². The van der Waals surface area contributed by atoms with Gasteiger partial charge < -0.3 is 5.11 Å². The molecule has 20 heavy (non-hydrogen) atoms. The summed E-state index contributed by atoms with van der Waals surface area (Å²) >= 11 is 0. The van der Waals surface area contributed by atoms with Crippen molar-refractivity contribution in [3.8, 4) is 0 Å². The molecular weight excluding hydrogens is 272 g/mol. The van der Waals surface area contributed by atoms with Crippen LogP contribution in [0.2, 0.25) is 0 Å². The lowest BCUT2D eigenvalue weighted by atomic mass is 10.0. The molecule has 3 nitrogen and oxygen atoms in total. The minimum atomic E-state index is -3.23. The van der Waals surface area contributed by atoms with E-state index in [4.69, 9.17) is 5.11 Å². The molecule has 0 heterocycles. The van der Waals surface area contributed by atoms with Crippen molar-refractivity contribution in [1.29, 1.82) is 0 Å². The van der Waals surface area contributed by atoms with E-state index in [0.717, 1.165) is 24.8 Å². The van der Waals surface area contributed by atoms with Crippen LogP contribution in [0.25, 0.3) is 0 Å². The van der Waals surface area contributed by atoms with Gasteiger partial charge in [0.2, 0.25) is 0 Å². The predicted molar refractivity (Wildman–Crippen MR) is 82.4 cm³/mol. The molecule has 1 aromatic carbocycles. The molecule has 1 N–H and O–H groups in total. The Labute approximate surface area is 122 Å². The second-order valence-electron chi connectivity index (χ2n) is 5.32. The molecule has 0 aliphatic rings. The zero-order chi connectivity index (χ0) is 15.0. The van der Waals surface area contributed by atoms with Gasteiger partial charge in [-0.1, -0.05) is 36.8 Å². The first-order valence-corrected chi connectivity index (χ1v) is 8.65. The Morgan fingerprint density at radius 3 is 2.50 bits per heavy atom. The molecular formula is C16H24O3S. The third-order valence-corrected chi connectivity index (χ3v) is 5.12. The highest BCUT2D eigenvalue weighted by molar-refractivity contribution is 7.91. The largest absolute Gasteiger partial charge is 0.396 e. The summed E-state index contributed by atoms with van der Waals surface area (Å²) < 4.78 is 24.3. The molecule has 112 valence electrons. The van der Waals surface area contributed by atoms with E-state index in [2.05, 4.69) is 6.92 Å². The number of aliphatic hydroxyl groups is 1. The van der Waals surface area contributed by atoms with Crippen molar-refractivity contribution < 1.29 is 13.5 Å². The minimum absolute atomic E-state index is 0.0748. The highest BCUT2D eigenvalue weighted by Crippen LogP contribution is 2.15. The Hall–Kier alpha value is -1.13. The molecule has 0 saturated carbocycles. The van der Waals surface area contributed by atoms with Crippen LogP contribution in [0.5, 0.6) is 0 Å². The molecule has 0 spiro atoms. The Balaban J connectivity index is 2.55. The molecule has 0 bridgehead atoms. The molecule has 1 aromatic rings. The SMILES string of the molecule is CC(=CCCC(C)CCO)CS(=O)(=O)c1ccccc1. The van der Waals surface area contributed by atoms with Crippen molar-refractivity contribution in [2.45, 2.75) is 38.0 Å². The van der Waals surface area contributed by atoms with E-state index in [1.54, 1.807) is 24.3 Å². The van der Waals surface area contributed by atoms with Crippen LogP contribution in [0, 0.1) is 5.92 Å². The fourth-order valence-electron chi connectivity index (χ4n) is 2.05. The lowest BCUT2D eigenvalue weighted by Crippen LogP contribution is -2.07. The summed E-state index contributed by atoms with van der Waals surface area (Å²) in [7, 11) is -3.23. The van der Waals surface area contributed by atoms with Crippen LogP contribution in [0.1, 0.15) is 33.1 Å². The average molecular weight is 296 g/mol. The summed E-state index contributed by atoms with van der Waals surface area (Å²) in [6, 6.07) is 8.55. The molecule has 0 aliphatic heterocycles. The van der Waals surface area contributed by atoms with Crippen molar-refractivity contribution >= 4 is 9.84 Å². The minimum Gasteiger partial charge on any atom is -0.396 e. The first-order valence-electron chi connectivity index (χ1n) is 7.00. The normalized spacial score (nSPS) is 14.2. The Morgan fingerprint density at radius 1 is 1.25 bits per heavy atom. The number of benzene rings is 1. The fraction of sp³-hybridized carbons (Fsp3) is 0.500. The lowest BCUT2D eigenvalue weighted by molar-refractivity contribution is 0.259. The molecule has 0 aliphatic carbocycles. The number of aliphatic hydroxyl groups excluding tert-OH is 1. The number of hydrogen-bond acceptors (Lipinski definition) is 3. The molecule has 0 aromatic heterocycles. The van der Waals surface area contributed by atoms with Crippen molar-refractivity contribution in [3.05, 3.63) is 42.0 Å². The molecule has 1 unspecified atom stereocenters. The number of hydrogen-bond donors (Lipinski definition) is 1. The molecule has 1 rings (SSSR count). The topological polar surface area (TPSA) is 54.4 Å². The number of sulfone groups is 1. The van der Waals surface area contributed by atoms with Gasteiger partial charge in [-0.3, -0.25) is 0 Å². The highest BCUT2D eigenvalue weighted by atomic mass is 32.2. The van der Waals surface area contributed by atoms with Crippen LogP contribution in [0.15, 0.2) is 46.9 Å². The highest BCUT2D eigenvalue weighted by Gasteiger charge is 2.14. The van der Waals surface area contributed by atoms with E-state index in [0.29, 0.717) is 10.8 Å². The third kappa shape index (κ3) is 5.88. The van der Waals surface area contributed by atoms with Crippen molar-refractivity contribution in [3.63, 3.8) is 0 Å². The molecule has 0 saturated heterocycles. The van der Waals surface area contributed by atoms with Gasteiger partial charge in [-0.05, 0) is 44.2 Å². The second-order valence-corrected chi connectivity index (χ2v) is 7.31. The Morgan fingerprint density at radius 2 is 1.90 bits per heavy atom. The first-order chi connectivity index (χ1) is 9.45. The van der Waals surface area contributed by atoms with Crippen LogP contribution >= 0.6 is 0 Å². The Bertz CT molecular complexity index is 518. The van der Waals surface area contributed by atoms with Gasteiger partial charge in [0.05, 0.1) is 10.6 Å². The second kappa shape index (κ2) is 8.22. The summed E-state index contributed by atoms with van der Waals surface area (Å²) in [5.41, 5.74) is 0.880. The smallest absolute Gasteiger partial charge is 0.182 e. The van der Waals surface area contributed by atoms with Gasteiger partial charge in [0, 0.05) is 6.61 Å². The van der Waals surface area contributed by atoms with E-state index in [9.17, 15) is 8.42 Å². The maximum absolute atomic E-state index is 12.2. The monoisotopic (exact) mass is 296 g/mol. The fourth-order valence-corrected chi connectivity index (χ4v) is 3.50. The van der Waals surface area contributed by atoms with E-state index in [-0.39, 0.29) is 12.4 Å². The van der Waals surface area contributed by atoms with E-state index >= 15 is 0 Å². The molecule has 0 radical (unpaired) electrons. The van der Waals surface area contributed by atoms with Gasteiger partial charge in [0.25, 0.3) is 0 Å². The summed E-state index contributed by atoms with van der Waals surface area (Å²) in [4.78, 5) is 0.376. The Kier molecular flexibility index (Phi) is 6.96. The maximum atomic E-state index is 12.2. The van der Waals surface area contributed by atoms with Crippen LogP contribution in [-0.4, -0.2) is 25.9 Å². The summed E-state index contributed by atoms with van der Waals surface area (Å²) in [6.07, 6.45) is 4.63. The predicted octanol–water partition coefficient (Wildman–Crippen LogP) is 3.21. The number of rotatable bonds is 8. The molecule has 0 fully saturated rings. The van der Waals surface area contributed by atoms with Gasteiger partial charge >= 0.3 is 0 Å². The molecule has 4 heteroatoms. The van der Waals surface area contributed by atoms with Gasteiger partial charge in [-0.25, -0.2) is 8.42 Å². The van der Waals surface area contributed by atoms with Gasteiger partial charge in [-0.2, -0.15) is 0 Å². The van der Waals surface area contributed by atoms with Gasteiger partial charge in [-0.15, -0.1) is 0 Å². The van der Waals surface area contributed by atoms with Crippen molar-refractivity contribution in [1.82, 2.24) is 0 Å². The van der Waals surface area contributed by atoms with Crippen LogP contribution < -0.4 is 0 Å². The van der Waals surface area contributed by atoms with Crippen molar-refractivity contribution in [2.24, 2.45) is 5.92 Å². The summed E-state index contributed by atoms with van der Waals surface area (Å²) in [6.45, 7) is 4.17. The van der Waals surface area contributed by atoms with E-state index in [1.807, 2.05) is 19.1 Å². The first kappa shape index (κ1) is 16.9. The average Bonchev–Trinajstić information content (AvgIpc) is 2.39. The van der Waals surface area contributed by atoms with Gasteiger partial charge in [0.1, 0.15) is 0 Å². The molecule has 0 amide bonds. The van der Waals surface area contributed by atoms with Crippen molar-refractivity contribution in [2.75, 3.05) is 12.4 Å². The van der Waals surface area contributed by atoms with Gasteiger partial charge in [0.15, 0.2) is 9.84 Å². The standard InChI is InChI=1S/C16H24O3S/c1-14(11-12-17)7-6-8-15(2)13-20(18,19)16-9-4-3-5-10-16/h3-5,8-10,14,17H,6-7,11-13H2,1-2H3. The molecule has 1 atom stereocenters. The lowest BCUT2D eigenvalue weighted by Gasteiger charge is -2.08. The number of allylic oxidation sites excluding steroid dienone is 1. The summed E-state index contributed by atoms with van der Waals surface area (Å²) in [5.74, 6) is 0.542. The van der Waals surface area contributed by atoms with E-state index in [1.165, 1.54) is 0 Å². The zero-order valence-electron chi connectivity index (χ0n) is 12.2. The summed E-state index contributed by atoms with van der Waals surface area (Å²) in [5, 5.41) is 8.83. The zero-order valence-corrected chi connectivity index (χ0v) is 13.1. The maximum Gasteiger partial charge on any atom is 0.182 e. The van der Waals surface area contributed by atoms with Crippen LogP contribution in [0.4, 0.5) is 0 Å². The quantitative estimate of drug-likeness (QED) is 0.749.